The molecule has 0 radical (unpaired) electrons. The van der Waals surface area contributed by atoms with Gasteiger partial charge in [-0.25, -0.2) is 4.39 Å². The van der Waals surface area contributed by atoms with Gasteiger partial charge in [-0.15, -0.1) is 0 Å². The number of anilines is 1. The Morgan fingerprint density at radius 3 is 2.67 bits per heavy atom. The molecule has 0 atom stereocenters. The number of nitro groups is 1. The van der Waals surface area contributed by atoms with Crippen molar-refractivity contribution in [1.29, 1.82) is 0 Å². The van der Waals surface area contributed by atoms with Crippen molar-refractivity contribution in [3.63, 3.8) is 0 Å². The highest BCUT2D eigenvalue weighted by Crippen LogP contribution is 2.25. The third-order valence-electron chi connectivity index (χ3n) is 2.84. The lowest BCUT2D eigenvalue weighted by Gasteiger charge is -2.07. The molecule has 5 nitrogen and oxygen atoms in total. The van der Waals surface area contributed by atoms with Crippen LogP contribution in [-0.4, -0.2) is 10.8 Å². The molecule has 0 saturated heterocycles. The van der Waals surface area contributed by atoms with Gasteiger partial charge in [0, 0.05) is 11.3 Å². The smallest absolute Gasteiger partial charge is 0.285 e. The average molecular weight is 353 g/mol. The van der Waals surface area contributed by atoms with Gasteiger partial charge in [0.05, 0.1) is 9.40 Å². The molecule has 1 N–H and O–H groups in total. The van der Waals surface area contributed by atoms with E-state index in [0.717, 1.165) is 0 Å². The van der Waals surface area contributed by atoms with E-state index in [1.165, 1.54) is 24.3 Å². The zero-order chi connectivity index (χ0) is 15.6. The fraction of sp³-hybridized carbons (Fsp3) is 0.0714. The van der Waals surface area contributed by atoms with Gasteiger partial charge in [0.2, 0.25) is 0 Å². The molecule has 0 aliphatic rings. The van der Waals surface area contributed by atoms with Crippen molar-refractivity contribution in [2.45, 2.75) is 6.92 Å². The van der Waals surface area contributed by atoms with Crippen LogP contribution in [0.3, 0.4) is 0 Å². The second kappa shape index (κ2) is 6.01. The number of hydrogen-bond acceptors (Lipinski definition) is 3. The number of aryl methyl sites for hydroxylation is 1. The zero-order valence-electron chi connectivity index (χ0n) is 10.9. The molecule has 0 aliphatic heterocycles. The summed E-state index contributed by atoms with van der Waals surface area (Å²) in [5, 5.41) is 13.6. The van der Waals surface area contributed by atoms with Gasteiger partial charge in [0.25, 0.3) is 11.6 Å². The summed E-state index contributed by atoms with van der Waals surface area (Å²) in [7, 11) is 0. The second-order valence-corrected chi connectivity index (χ2v) is 5.17. The van der Waals surface area contributed by atoms with Gasteiger partial charge in [-0.1, -0.05) is 12.1 Å². The molecule has 7 heteroatoms. The van der Waals surface area contributed by atoms with Gasteiger partial charge in [-0.2, -0.15) is 0 Å². The maximum absolute atomic E-state index is 13.1. The van der Waals surface area contributed by atoms with Crippen LogP contribution in [0.4, 0.5) is 15.8 Å². The van der Waals surface area contributed by atoms with Crippen LogP contribution in [0.25, 0.3) is 0 Å². The van der Waals surface area contributed by atoms with E-state index in [4.69, 9.17) is 0 Å². The molecule has 21 heavy (non-hydrogen) atoms. The molecule has 0 aliphatic carbocycles. The number of nitrogens with zero attached hydrogens (tertiary/aromatic N) is 1. The number of benzene rings is 2. The largest absolute Gasteiger partial charge is 0.322 e. The number of carbonyl (C=O) groups excluding carboxylic acids is 1. The monoisotopic (exact) mass is 352 g/mol. The minimum atomic E-state index is -0.621. The predicted molar refractivity (Wildman–Crippen MR) is 79.9 cm³/mol. The summed E-state index contributed by atoms with van der Waals surface area (Å²) in [5.74, 6) is -1.08. The normalized spacial score (nSPS) is 10.2. The maximum Gasteiger partial charge on any atom is 0.285 e. The Kier molecular flexibility index (Phi) is 4.32. The number of rotatable bonds is 3. The van der Waals surface area contributed by atoms with Crippen LogP contribution in [0.2, 0.25) is 0 Å². The molecule has 0 unspecified atom stereocenters. The van der Waals surface area contributed by atoms with Gasteiger partial charge >= 0.3 is 0 Å². The van der Waals surface area contributed by atoms with Crippen LogP contribution in [-0.2, 0) is 0 Å². The van der Waals surface area contributed by atoms with E-state index in [9.17, 15) is 19.3 Å². The lowest BCUT2D eigenvalue weighted by molar-refractivity contribution is -0.385. The molecule has 0 spiro atoms. The number of amides is 1. The van der Waals surface area contributed by atoms with Crippen LogP contribution >= 0.6 is 15.9 Å². The summed E-state index contributed by atoms with van der Waals surface area (Å²) < 4.78 is 13.3. The Balaban J connectivity index is 2.35. The van der Waals surface area contributed by atoms with Crippen molar-refractivity contribution in [3.8, 4) is 0 Å². The van der Waals surface area contributed by atoms with Gasteiger partial charge < -0.3 is 5.32 Å². The molecular weight excluding hydrogens is 343 g/mol. The summed E-state index contributed by atoms with van der Waals surface area (Å²) in [5.41, 5.74) is 0.452. The summed E-state index contributed by atoms with van der Waals surface area (Å²) >= 11 is 3.01. The lowest BCUT2D eigenvalue weighted by atomic mass is 10.1. The molecule has 0 heterocycles. The Morgan fingerprint density at radius 2 is 2.05 bits per heavy atom. The number of para-hydroxylation sites is 1. The number of carbonyl (C=O) groups is 1. The molecule has 108 valence electrons. The van der Waals surface area contributed by atoms with Crippen molar-refractivity contribution in [3.05, 3.63) is 67.9 Å². The third-order valence-corrected chi connectivity index (χ3v) is 3.45. The van der Waals surface area contributed by atoms with E-state index >= 15 is 0 Å². The van der Waals surface area contributed by atoms with Crippen LogP contribution in [0.1, 0.15) is 15.9 Å². The number of hydrogen-bond donors (Lipinski definition) is 1. The minimum Gasteiger partial charge on any atom is -0.322 e. The van der Waals surface area contributed by atoms with Gasteiger partial charge in [-0.05, 0) is 47.1 Å². The van der Waals surface area contributed by atoms with Crippen molar-refractivity contribution in [2.24, 2.45) is 0 Å². The van der Waals surface area contributed by atoms with Crippen LogP contribution < -0.4 is 5.32 Å². The predicted octanol–water partition coefficient (Wildman–Crippen LogP) is 4.06. The highest BCUT2D eigenvalue weighted by atomic mass is 79.9. The Bertz CT molecular complexity index is 734. The topological polar surface area (TPSA) is 72.2 Å². The summed E-state index contributed by atoms with van der Waals surface area (Å²) in [6, 6.07) is 8.44. The SMILES string of the molecule is Cc1cccc(C(=O)Nc2ccc(F)c(Br)c2)c1[N+](=O)[O-]. The highest BCUT2D eigenvalue weighted by molar-refractivity contribution is 9.10. The fourth-order valence-electron chi connectivity index (χ4n) is 1.86. The van der Waals surface area contributed by atoms with Crippen LogP contribution in [0.15, 0.2) is 40.9 Å². The molecule has 0 fully saturated rings. The van der Waals surface area contributed by atoms with Crippen molar-refractivity contribution in [1.82, 2.24) is 0 Å². The standard InChI is InChI=1S/C14H10BrFN2O3/c1-8-3-2-4-10(13(8)18(20)21)14(19)17-9-5-6-12(16)11(15)7-9/h2-7H,1H3,(H,17,19). The number of nitro benzene ring substituents is 1. The molecule has 0 bridgehead atoms. The van der Waals surface area contributed by atoms with Gasteiger partial charge in [0.1, 0.15) is 11.4 Å². The zero-order valence-corrected chi connectivity index (χ0v) is 12.5. The number of nitrogens with one attached hydrogen (secondary N) is 1. The molecule has 2 aromatic carbocycles. The third kappa shape index (κ3) is 3.25. The van der Waals surface area contributed by atoms with Crippen molar-refractivity contribution >= 4 is 33.2 Å². The molecule has 0 saturated carbocycles. The Hall–Kier alpha value is -2.28. The van der Waals surface area contributed by atoms with Crippen LogP contribution in [0.5, 0.6) is 0 Å². The molecule has 1 amide bonds. The Labute approximate surface area is 128 Å². The molecular formula is C14H10BrFN2O3. The van der Waals surface area contributed by atoms with Crippen molar-refractivity contribution in [2.75, 3.05) is 5.32 Å². The summed E-state index contributed by atoms with van der Waals surface area (Å²) in [6.07, 6.45) is 0. The van der Waals surface area contributed by atoms with E-state index in [1.807, 2.05) is 0 Å². The van der Waals surface area contributed by atoms with Gasteiger partial charge in [-0.3, -0.25) is 14.9 Å². The van der Waals surface area contributed by atoms with E-state index in [1.54, 1.807) is 19.1 Å². The number of halogens is 2. The molecule has 2 rings (SSSR count). The first-order chi connectivity index (χ1) is 9.90. The quantitative estimate of drug-likeness (QED) is 0.668. The first-order valence-electron chi connectivity index (χ1n) is 5.90. The fourth-order valence-corrected chi connectivity index (χ4v) is 2.24. The highest BCUT2D eigenvalue weighted by Gasteiger charge is 2.22. The first-order valence-corrected chi connectivity index (χ1v) is 6.70. The van der Waals surface area contributed by atoms with E-state index in [-0.39, 0.29) is 15.7 Å². The minimum absolute atomic E-state index is 0.0413. The van der Waals surface area contributed by atoms with E-state index in [2.05, 4.69) is 21.2 Å². The maximum atomic E-state index is 13.1. The summed E-state index contributed by atoms with van der Waals surface area (Å²) in [4.78, 5) is 22.6. The molecule has 0 aromatic heterocycles. The van der Waals surface area contributed by atoms with E-state index < -0.39 is 16.6 Å². The average Bonchev–Trinajstić information content (AvgIpc) is 2.42. The van der Waals surface area contributed by atoms with Crippen LogP contribution in [0, 0.1) is 22.9 Å². The second-order valence-electron chi connectivity index (χ2n) is 4.31. The van der Waals surface area contributed by atoms with Crippen molar-refractivity contribution < 1.29 is 14.1 Å². The Morgan fingerprint density at radius 1 is 1.33 bits per heavy atom. The lowest BCUT2D eigenvalue weighted by Crippen LogP contribution is -2.14. The summed E-state index contributed by atoms with van der Waals surface area (Å²) in [6.45, 7) is 1.56. The van der Waals surface area contributed by atoms with Gasteiger partial charge in [0.15, 0.2) is 0 Å². The molecule has 2 aromatic rings. The first kappa shape index (κ1) is 15.1. The van der Waals surface area contributed by atoms with E-state index in [0.29, 0.717) is 11.3 Å².